The fourth-order valence-electron chi connectivity index (χ4n) is 3.66. The number of benzene rings is 2. The highest BCUT2D eigenvalue weighted by Gasteiger charge is 2.35. The van der Waals surface area contributed by atoms with Gasteiger partial charge in [-0.15, -0.1) is 0 Å². The Hall–Kier alpha value is -3.88. The second-order valence-electron chi connectivity index (χ2n) is 8.81. The number of esters is 1. The van der Waals surface area contributed by atoms with Crippen LogP contribution in [0.25, 0.3) is 0 Å². The quantitative estimate of drug-likeness (QED) is 0.533. The summed E-state index contributed by atoms with van der Waals surface area (Å²) in [5.41, 5.74) is 1.96. The van der Waals surface area contributed by atoms with Gasteiger partial charge in [0.2, 0.25) is 11.8 Å². The van der Waals surface area contributed by atoms with Crippen molar-refractivity contribution in [1.29, 1.82) is 0 Å². The molecule has 1 heterocycles. The van der Waals surface area contributed by atoms with Gasteiger partial charge in [0.05, 0.1) is 19.6 Å². The van der Waals surface area contributed by atoms with Gasteiger partial charge >= 0.3 is 5.97 Å². The number of hydrogen-bond donors (Lipinski definition) is 2. The van der Waals surface area contributed by atoms with Crippen molar-refractivity contribution in [2.45, 2.75) is 26.3 Å². The van der Waals surface area contributed by atoms with E-state index in [9.17, 15) is 19.2 Å². The molecule has 3 rings (SSSR count). The second-order valence-corrected chi connectivity index (χ2v) is 8.81. The molecule has 9 heteroatoms. The Labute approximate surface area is 205 Å². The summed E-state index contributed by atoms with van der Waals surface area (Å²) in [5.74, 6) is -1.14. The third kappa shape index (κ3) is 7.05. The molecular weight excluding hydrogens is 448 g/mol. The second kappa shape index (κ2) is 12.0. The molecule has 9 nitrogen and oxygen atoms in total. The Bertz CT molecular complexity index is 1040. The molecule has 1 atom stereocenters. The molecule has 2 aromatic rings. The topological polar surface area (TPSA) is 108 Å². The van der Waals surface area contributed by atoms with E-state index < -0.39 is 12.0 Å². The Balaban J connectivity index is 1.57. The SMILES string of the molecule is CC(C)COC(=O)CC1C(=O)NCCN1C(=O)CNc1ccc(C(=O)N(C)c2ccccc2)cc1. The lowest BCUT2D eigenvalue weighted by atomic mass is 10.1. The summed E-state index contributed by atoms with van der Waals surface area (Å²) < 4.78 is 5.18. The zero-order valence-corrected chi connectivity index (χ0v) is 20.3. The van der Waals surface area contributed by atoms with E-state index in [0.29, 0.717) is 24.3 Å². The number of carbonyl (C=O) groups is 4. The van der Waals surface area contributed by atoms with Crippen LogP contribution in [0.3, 0.4) is 0 Å². The van der Waals surface area contributed by atoms with Crippen LogP contribution in [0.15, 0.2) is 54.6 Å². The fraction of sp³-hybridized carbons (Fsp3) is 0.385. The van der Waals surface area contributed by atoms with Crippen LogP contribution >= 0.6 is 0 Å². The number of rotatable bonds is 9. The van der Waals surface area contributed by atoms with Crippen molar-refractivity contribution in [1.82, 2.24) is 10.2 Å². The average molecular weight is 481 g/mol. The van der Waals surface area contributed by atoms with Crippen molar-refractivity contribution in [3.8, 4) is 0 Å². The van der Waals surface area contributed by atoms with Gasteiger partial charge in [-0.25, -0.2) is 0 Å². The first kappa shape index (κ1) is 25.7. The van der Waals surface area contributed by atoms with Crippen LogP contribution in [0, 0.1) is 5.92 Å². The van der Waals surface area contributed by atoms with Gasteiger partial charge in [-0.05, 0) is 42.3 Å². The molecule has 0 aromatic heterocycles. The third-order valence-electron chi connectivity index (χ3n) is 5.61. The lowest BCUT2D eigenvalue weighted by Crippen LogP contribution is -2.58. The van der Waals surface area contributed by atoms with Crippen molar-refractivity contribution in [2.24, 2.45) is 5.92 Å². The minimum absolute atomic E-state index is 0.0535. The highest BCUT2D eigenvalue weighted by Crippen LogP contribution is 2.17. The van der Waals surface area contributed by atoms with Gasteiger partial charge < -0.3 is 25.2 Å². The lowest BCUT2D eigenvalue weighted by Gasteiger charge is -2.34. The number of amides is 3. The molecule has 1 saturated heterocycles. The summed E-state index contributed by atoms with van der Waals surface area (Å²) in [6, 6.07) is 15.3. The van der Waals surface area contributed by atoms with Crippen molar-refractivity contribution in [2.75, 3.05) is 43.5 Å². The van der Waals surface area contributed by atoms with E-state index in [1.54, 1.807) is 36.2 Å². The van der Waals surface area contributed by atoms with Crippen LogP contribution in [0.4, 0.5) is 11.4 Å². The van der Waals surface area contributed by atoms with Crippen molar-refractivity contribution in [3.63, 3.8) is 0 Å². The van der Waals surface area contributed by atoms with E-state index in [2.05, 4.69) is 10.6 Å². The maximum atomic E-state index is 12.9. The lowest BCUT2D eigenvalue weighted by molar-refractivity contribution is -0.152. The standard InChI is InChI=1S/C26H32N4O5/c1-18(2)17-35-24(32)15-22-25(33)27-13-14-30(22)23(31)16-28-20-11-9-19(10-12-20)26(34)29(3)21-7-5-4-6-8-21/h4-12,18,22,28H,13-17H2,1-3H3,(H,27,33). The van der Waals surface area contributed by atoms with Crippen LogP contribution in [0.2, 0.25) is 0 Å². The maximum Gasteiger partial charge on any atom is 0.308 e. The van der Waals surface area contributed by atoms with Crippen LogP contribution in [-0.2, 0) is 19.1 Å². The van der Waals surface area contributed by atoms with Crippen molar-refractivity contribution >= 4 is 35.1 Å². The monoisotopic (exact) mass is 480 g/mol. The number of anilines is 2. The summed E-state index contributed by atoms with van der Waals surface area (Å²) in [4.78, 5) is 53.1. The molecule has 3 amide bonds. The van der Waals surface area contributed by atoms with Gasteiger partial charge in [0, 0.05) is 37.1 Å². The average Bonchev–Trinajstić information content (AvgIpc) is 2.87. The number of para-hydroxylation sites is 1. The molecule has 1 aliphatic heterocycles. The van der Waals surface area contributed by atoms with E-state index in [4.69, 9.17) is 4.74 Å². The summed E-state index contributed by atoms with van der Waals surface area (Å²) >= 11 is 0. The summed E-state index contributed by atoms with van der Waals surface area (Å²) in [6.45, 7) is 4.70. The molecule has 0 spiro atoms. The first-order chi connectivity index (χ1) is 16.8. The van der Waals surface area contributed by atoms with Gasteiger partial charge in [0.25, 0.3) is 5.91 Å². The van der Waals surface area contributed by atoms with E-state index in [1.807, 2.05) is 44.2 Å². The Morgan fingerprint density at radius 3 is 2.46 bits per heavy atom. The number of hydrogen-bond acceptors (Lipinski definition) is 6. The Morgan fingerprint density at radius 1 is 1.11 bits per heavy atom. The number of carbonyl (C=O) groups excluding carboxylic acids is 4. The first-order valence-electron chi connectivity index (χ1n) is 11.7. The smallest absolute Gasteiger partial charge is 0.308 e. The van der Waals surface area contributed by atoms with Crippen molar-refractivity contribution in [3.05, 3.63) is 60.2 Å². The third-order valence-corrected chi connectivity index (χ3v) is 5.61. The molecule has 1 unspecified atom stereocenters. The molecule has 2 N–H and O–H groups in total. The van der Waals surface area contributed by atoms with Crippen molar-refractivity contribution < 1.29 is 23.9 Å². The summed E-state index contributed by atoms with van der Waals surface area (Å²) in [5, 5.41) is 5.74. The van der Waals surface area contributed by atoms with Gasteiger partial charge in [-0.3, -0.25) is 19.2 Å². The molecule has 2 aromatic carbocycles. The molecule has 0 bridgehead atoms. The van der Waals surface area contributed by atoms with Gasteiger partial charge in [0.1, 0.15) is 6.04 Å². The molecule has 186 valence electrons. The van der Waals surface area contributed by atoms with Crippen LogP contribution in [0.5, 0.6) is 0 Å². The van der Waals surface area contributed by atoms with Crippen LogP contribution < -0.4 is 15.5 Å². The number of piperazine rings is 1. The summed E-state index contributed by atoms with van der Waals surface area (Å²) in [7, 11) is 1.71. The highest BCUT2D eigenvalue weighted by atomic mass is 16.5. The molecule has 1 fully saturated rings. The Morgan fingerprint density at radius 2 is 1.80 bits per heavy atom. The molecule has 0 aliphatic carbocycles. The minimum atomic E-state index is -0.897. The molecule has 0 saturated carbocycles. The molecule has 35 heavy (non-hydrogen) atoms. The van der Waals surface area contributed by atoms with Gasteiger partial charge in [-0.1, -0.05) is 32.0 Å². The molecule has 1 aliphatic rings. The number of nitrogens with zero attached hydrogens (tertiary/aromatic N) is 2. The number of ether oxygens (including phenoxy) is 1. The first-order valence-corrected chi connectivity index (χ1v) is 11.7. The highest BCUT2D eigenvalue weighted by molar-refractivity contribution is 6.05. The van der Waals surface area contributed by atoms with Gasteiger partial charge in [-0.2, -0.15) is 0 Å². The van der Waals surface area contributed by atoms with Gasteiger partial charge in [0.15, 0.2) is 0 Å². The van der Waals surface area contributed by atoms with Crippen LogP contribution in [-0.4, -0.2) is 67.9 Å². The molecular formula is C26H32N4O5. The Kier molecular flexibility index (Phi) is 8.83. The predicted molar refractivity (Wildman–Crippen MR) is 133 cm³/mol. The van der Waals surface area contributed by atoms with E-state index in [1.165, 1.54) is 4.90 Å². The maximum absolute atomic E-state index is 12.9. The largest absolute Gasteiger partial charge is 0.465 e. The van der Waals surface area contributed by atoms with E-state index >= 15 is 0 Å². The normalized spacial score (nSPS) is 15.4. The predicted octanol–water partition coefficient (Wildman–Crippen LogP) is 2.29. The zero-order chi connectivity index (χ0) is 25.4. The molecule has 0 radical (unpaired) electrons. The van der Waals surface area contributed by atoms with E-state index in [-0.39, 0.29) is 43.2 Å². The number of nitrogens with one attached hydrogen (secondary N) is 2. The zero-order valence-electron chi connectivity index (χ0n) is 20.3. The van der Waals surface area contributed by atoms with E-state index in [0.717, 1.165) is 5.69 Å². The minimum Gasteiger partial charge on any atom is -0.465 e. The summed E-state index contributed by atoms with van der Waals surface area (Å²) in [6.07, 6.45) is -0.184. The van der Waals surface area contributed by atoms with Crippen LogP contribution in [0.1, 0.15) is 30.6 Å². The fourth-order valence-corrected chi connectivity index (χ4v) is 3.66.